The highest BCUT2D eigenvalue weighted by molar-refractivity contribution is 5.18. The Morgan fingerprint density at radius 2 is 2.17 bits per heavy atom. The van der Waals surface area contributed by atoms with Gasteiger partial charge in [-0.2, -0.15) is 0 Å². The van der Waals surface area contributed by atoms with E-state index in [2.05, 4.69) is 14.5 Å². The first kappa shape index (κ1) is 16.1. The van der Waals surface area contributed by atoms with E-state index < -0.39 is 11.6 Å². The van der Waals surface area contributed by atoms with E-state index in [0.717, 1.165) is 37.9 Å². The Morgan fingerprint density at radius 3 is 2.91 bits per heavy atom. The second kappa shape index (κ2) is 7.21. The average Bonchev–Trinajstić information content (AvgIpc) is 2.92. The molecule has 0 amide bonds. The fourth-order valence-corrected chi connectivity index (χ4v) is 3.36. The first-order valence-corrected chi connectivity index (χ1v) is 8.24. The van der Waals surface area contributed by atoms with E-state index in [4.69, 9.17) is 0 Å². The number of halogens is 2. The number of piperidine rings is 1. The van der Waals surface area contributed by atoms with E-state index in [-0.39, 0.29) is 0 Å². The lowest BCUT2D eigenvalue weighted by Crippen LogP contribution is -2.35. The van der Waals surface area contributed by atoms with Gasteiger partial charge in [0.05, 0.1) is 6.54 Å². The first-order chi connectivity index (χ1) is 11.1. The van der Waals surface area contributed by atoms with Crippen molar-refractivity contribution in [1.82, 2.24) is 14.5 Å². The second-order valence-electron chi connectivity index (χ2n) is 6.47. The van der Waals surface area contributed by atoms with Gasteiger partial charge in [-0.1, -0.05) is 6.07 Å². The van der Waals surface area contributed by atoms with Crippen molar-refractivity contribution in [3.05, 3.63) is 53.6 Å². The Hall–Kier alpha value is -1.75. The summed E-state index contributed by atoms with van der Waals surface area (Å²) in [6, 6.07) is 3.88. The minimum atomic E-state index is -0.509. The number of rotatable bonds is 5. The van der Waals surface area contributed by atoms with Crippen LogP contribution in [-0.2, 0) is 20.0 Å². The van der Waals surface area contributed by atoms with Crippen LogP contribution in [0, 0.1) is 17.6 Å². The van der Waals surface area contributed by atoms with Crippen molar-refractivity contribution in [2.45, 2.75) is 32.2 Å². The molecule has 0 bridgehead atoms. The van der Waals surface area contributed by atoms with Gasteiger partial charge in [-0.05, 0) is 49.8 Å². The molecule has 1 aliphatic heterocycles. The number of nitrogens with zero attached hydrogens (tertiary/aromatic N) is 3. The summed E-state index contributed by atoms with van der Waals surface area (Å²) in [5.74, 6) is 0.708. The van der Waals surface area contributed by atoms with E-state index in [1.54, 1.807) is 6.07 Å². The molecule has 124 valence electrons. The van der Waals surface area contributed by atoms with E-state index in [1.165, 1.54) is 18.9 Å². The highest BCUT2D eigenvalue weighted by Gasteiger charge is 2.21. The summed E-state index contributed by atoms with van der Waals surface area (Å²) in [6.07, 6.45) is 7.76. The van der Waals surface area contributed by atoms with Crippen molar-refractivity contribution in [2.75, 3.05) is 13.1 Å². The maximum atomic E-state index is 13.7. The lowest BCUT2D eigenvalue weighted by atomic mass is 9.91. The molecular formula is C18H23F2N3. The van der Waals surface area contributed by atoms with Crippen molar-refractivity contribution in [3.63, 3.8) is 0 Å². The van der Waals surface area contributed by atoms with Crippen LogP contribution in [0.15, 0.2) is 30.6 Å². The molecule has 5 heteroatoms. The van der Waals surface area contributed by atoms with Crippen LogP contribution >= 0.6 is 0 Å². The molecule has 0 spiro atoms. The number of hydrogen-bond acceptors (Lipinski definition) is 2. The van der Waals surface area contributed by atoms with Crippen LogP contribution in [0.4, 0.5) is 8.78 Å². The summed E-state index contributed by atoms with van der Waals surface area (Å²) in [5, 5.41) is 0. The molecule has 3 nitrogen and oxygen atoms in total. The maximum Gasteiger partial charge on any atom is 0.129 e. The van der Waals surface area contributed by atoms with Crippen molar-refractivity contribution in [3.8, 4) is 0 Å². The normalized spacial score (nSPS) is 19.2. The predicted octanol–water partition coefficient (Wildman–Crippen LogP) is 3.54. The third kappa shape index (κ3) is 4.16. The molecule has 3 rings (SSSR count). The number of hydrogen-bond donors (Lipinski definition) is 0. The number of benzene rings is 1. The van der Waals surface area contributed by atoms with Gasteiger partial charge in [-0.3, -0.25) is 4.90 Å². The van der Waals surface area contributed by atoms with Gasteiger partial charge in [0.25, 0.3) is 0 Å². The molecule has 2 aromatic rings. The van der Waals surface area contributed by atoms with Crippen LogP contribution in [0.2, 0.25) is 0 Å². The second-order valence-corrected chi connectivity index (χ2v) is 6.47. The van der Waals surface area contributed by atoms with Gasteiger partial charge in [0, 0.05) is 32.1 Å². The van der Waals surface area contributed by atoms with Gasteiger partial charge >= 0.3 is 0 Å². The van der Waals surface area contributed by atoms with Gasteiger partial charge in [0.15, 0.2) is 0 Å². The number of likely N-dealkylation sites (tertiary alicyclic amines) is 1. The molecule has 1 aromatic carbocycles. The van der Waals surface area contributed by atoms with E-state index in [0.29, 0.717) is 17.9 Å². The van der Waals surface area contributed by atoms with Crippen LogP contribution in [0.25, 0.3) is 0 Å². The summed E-state index contributed by atoms with van der Waals surface area (Å²) >= 11 is 0. The Labute approximate surface area is 135 Å². The molecular weight excluding hydrogens is 296 g/mol. The summed E-state index contributed by atoms with van der Waals surface area (Å²) in [6.45, 7) is 2.98. The Kier molecular flexibility index (Phi) is 5.06. The number of aryl methyl sites for hydroxylation is 2. The highest BCUT2D eigenvalue weighted by Crippen LogP contribution is 2.23. The van der Waals surface area contributed by atoms with Crippen molar-refractivity contribution in [1.29, 1.82) is 0 Å². The highest BCUT2D eigenvalue weighted by atomic mass is 19.1. The first-order valence-electron chi connectivity index (χ1n) is 8.24. The van der Waals surface area contributed by atoms with Crippen LogP contribution in [0.1, 0.15) is 30.7 Å². The molecule has 0 aliphatic carbocycles. The van der Waals surface area contributed by atoms with Crippen LogP contribution in [-0.4, -0.2) is 27.5 Å². The van der Waals surface area contributed by atoms with Gasteiger partial charge in [-0.15, -0.1) is 0 Å². The molecule has 1 aliphatic rings. The smallest absolute Gasteiger partial charge is 0.129 e. The van der Waals surface area contributed by atoms with Crippen molar-refractivity contribution in [2.24, 2.45) is 13.0 Å². The lowest BCUT2D eigenvalue weighted by Gasteiger charge is -2.32. The fourth-order valence-electron chi connectivity index (χ4n) is 3.36. The third-order valence-electron chi connectivity index (χ3n) is 4.73. The standard InChI is InChI=1S/C18H23F2N3/c1-22-10-8-21-18(22)13-23-9-2-3-14(12-23)4-5-15-6-7-16(19)11-17(15)20/h6-8,10-11,14H,2-5,9,12-13H2,1H3/t14-/m0/s1. The Morgan fingerprint density at radius 1 is 1.30 bits per heavy atom. The fraction of sp³-hybridized carbons (Fsp3) is 0.500. The topological polar surface area (TPSA) is 21.1 Å². The summed E-state index contributed by atoms with van der Waals surface area (Å²) in [4.78, 5) is 6.81. The minimum Gasteiger partial charge on any atom is -0.337 e. The molecule has 0 unspecified atom stereocenters. The zero-order valence-corrected chi connectivity index (χ0v) is 13.5. The quantitative estimate of drug-likeness (QED) is 0.840. The van der Waals surface area contributed by atoms with Gasteiger partial charge in [0.1, 0.15) is 17.5 Å². The third-order valence-corrected chi connectivity index (χ3v) is 4.73. The molecule has 23 heavy (non-hydrogen) atoms. The SMILES string of the molecule is Cn1ccnc1CN1CCC[C@@H](CCc2ccc(F)cc2F)C1. The van der Waals surface area contributed by atoms with E-state index in [1.807, 2.05) is 19.4 Å². The van der Waals surface area contributed by atoms with Crippen molar-refractivity contribution >= 4 is 0 Å². The van der Waals surface area contributed by atoms with Gasteiger partial charge in [-0.25, -0.2) is 13.8 Å². The predicted molar refractivity (Wildman–Crippen MR) is 85.9 cm³/mol. The van der Waals surface area contributed by atoms with Gasteiger partial charge in [0.2, 0.25) is 0 Å². The monoisotopic (exact) mass is 319 g/mol. The molecule has 2 heterocycles. The molecule has 0 N–H and O–H groups in total. The maximum absolute atomic E-state index is 13.7. The molecule has 0 radical (unpaired) electrons. The number of imidazole rings is 1. The van der Waals surface area contributed by atoms with Gasteiger partial charge < -0.3 is 4.57 Å². The summed E-state index contributed by atoms with van der Waals surface area (Å²) < 4.78 is 28.7. The van der Waals surface area contributed by atoms with Crippen molar-refractivity contribution < 1.29 is 8.78 Å². The minimum absolute atomic E-state index is 0.425. The number of aromatic nitrogens is 2. The van der Waals surface area contributed by atoms with Crippen LogP contribution in [0.3, 0.4) is 0 Å². The zero-order valence-electron chi connectivity index (χ0n) is 13.5. The molecule has 0 saturated carbocycles. The lowest BCUT2D eigenvalue weighted by molar-refractivity contribution is 0.157. The van der Waals surface area contributed by atoms with Crippen LogP contribution in [0.5, 0.6) is 0 Å². The molecule has 1 fully saturated rings. The summed E-state index contributed by atoms with van der Waals surface area (Å²) in [7, 11) is 2.01. The Balaban J connectivity index is 1.53. The molecule has 1 saturated heterocycles. The molecule has 1 aromatic heterocycles. The molecule has 1 atom stereocenters. The zero-order chi connectivity index (χ0) is 16.2. The van der Waals surface area contributed by atoms with Crippen LogP contribution < -0.4 is 0 Å². The van der Waals surface area contributed by atoms with E-state index >= 15 is 0 Å². The summed E-state index contributed by atoms with van der Waals surface area (Å²) in [5.41, 5.74) is 0.618. The van der Waals surface area contributed by atoms with E-state index in [9.17, 15) is 8.78 Å². The average molecular weight is 319 g/mol. The largest absolute Gasteiger partial charge is 0.337 e. The Bertz CT molecular complexity index is 653.